The first-order valence-electron chi connectivity index (χ1n) is 7.39. The third kappa shape index (κ3) is 3.32. The molecule has 0 bridgehead atoms. The number of hydrogen-bond donors (Lipinski definition) is 1. The summed E-state index contributed by atoms with van der Waals surface area (Å²) < 4.78 is 11.5. The summed E-state index contributed by atoms with van der Waals surface area (Å²) in [6, 6.07) is 7.95. The van der Waals surface area contributed by atoms with Crippen LogP contribution in [-0.2, 0) is 9.47 Å². The van der Waals surface area contributed by atoms with Gasteiger partial charge >= 0.3 is 0 Å². The van der Waals surface area contributed by atoms with E-state index in [0.717, 1.165) is 51.2 Å². The molecule has 1 N–H and O–H groups in total. The van der Waals surface area contributed by atoms with Gasteiger partial charge in [-0.1, -0.05) is 11.6 Å². The van der Waals surface area contributed by atoms with Gasteiger partial charge in [0.25, 0.3) is 0 Å². The molecule has 0 amide bonds. The Labute approximate surface area is 130 Å². The normalized spacial score (nSPS) is 24.5. The molecule has 0 aliphatic carbocycles. The van der Waals surface area contributed by atoms with Crippen molar-refractivity contribution in [2.45, 2.75) is 37.3 Å². The highest BCUT2D eigenvalue weighted by molar-refractivity contribution is 6.32. The third-order valence-corrected chi connectivity index (χ3v) is 4.67. The van der Waals surface area contributed by atoms with E-state index in [0.29, 0.717) is 16.6 Å². The zero-order chi connectivity index (χ0) is 14.7. The monoisotopic (exact) mass is 306 g/mol. The molecule has 4 nitrogen and oxygen atoms in total. The zero-order valence-electron chi connectivity index (χ0n) is 11.9. The summed E-state index contributed by atoms with van der Waals surface area (Å²) in [5.41, 5.74) is 1.45. The first kappa shape index (κ1) is 14.6. The van der Waals surface area contributed by atoms with Gasteiger partial charge in [-0.15, -0.1) is 0 Å². The number of hydrogen-bond acceptors (Lipinski definition) is 4. The lowest BCUT2D eigenvalue weighted by Crippen LogP contribution is -2.47. The molecule has 1 aromatic rings. The highest BCUT2D eigenvalue weighted by Crippen LogP contribution is 2.35. The molecule has 1 spiro atoms. The molecule has 2 heterocycles. The SMILES string of the molecule is N#Cc1ccc(NC2CCOC3(CCOCC3)C2)cc1Cl. The number of nitrogens with one attached hydrogen (secondary N) is 1. The molecule has 2 fully saturated rings. The molecule has 112 valence electrons. The van der Waals surface area contributed by atoms with Gasteiger partial charge in [-0.25, -0.2) is 0 Å². The molecular weight excluding hydrogens is 288 g/mol. The lowest BCUT2D eigenvalue weighted by atomic mass is 9.84. The minimum absolute atomic E-state index is 0.0233. The van der Waals surface area contributed by atoms with Crippen molar-refractivity contribution in [2.75, 3.05) is 25.1 Å². The molecule has 1 aromatic carbocycles. The quantitative estimate of drug-likeness (QED) is 0.910. The van der Waals surface area contributed by atoms with Crippen LogP contribution in [0.25, 0.3) is 0 Å². The largest absolute Gasteiger partial charge is 0.382 e. The van der Waals surface area contributed by atoms with E-state index in [9.17, 15) is 0 Å². The number of nitriles is 1. The van der Waals surface area contributed by atoms with Gasteiger partial charge in [0.15, 0.2) is 0 Å². The fourth-order valence-corrected chi connectivity index (χ4v) is 3.40. The smallest absolute Gasteiger partial charge is 0.101 e. The second-order valence-corrected chi connectivity index (χ2v) is 6.19. The van der Waals surface area contributed by atoms with Crippen molar-refractivity contribution in [1.29, 1.82) is 5.26 Å². The van der Waals surface area contributed by atoms with Gasteiger partial charge in [-0.2, -0.15) is 5.26 Å². The van der Waals surface area contributed by atoms with Crippen LogP contribution in [0.2, 0.25) is 5.02 Å². The molecule has 1 unspecified atom stereocenters. The van der Waals surface area contributed by atoms with Crippen molar-refractivity contribution >= 4 is 17.3 Å². The van der Waals surface area contributed by atoms with Gasteiger partial charge in [0.1, 0.15) is 6.07 Å². The summed E-state index contributed by atoms with van der Waals surface area (Å²) in [4.78, 5) is 0. The van der Waals surface area contributed by atoms with E-state index in [-0.39, 0.29) is 5.60 Å². The molecule has 0 radical (unpaired) electrons. The van der Waals surface area contributed by atoms with Gasteiger partial charge < -0.3 is 14.8 Å². The van der Waals surface area contributed by atoms with E-state index in [2.05, 4.69) is 11.4 Å². The number of ether oxygens (including phenoxy) is 2. The van der Waals surface area contributed by atoms with Gasteiger partial charge in [-0.05, 0) is 43.9 Å². The predicted molar refractivity (Wildman–Crippen MR) is 81.5 cm³/mol. The van der Waals surface area contributed by atoms with Crippen LogP contribution in [0.5, 0.6) is 0 Å². The van der Waals surface area contributed by atoms with Crippen LogP contribution in [0.3, 0.4) is 0 Å². The molecule has 2 aliphatic heterocycles. The highest BCUT2D eigenvalue weighted by Gasteiger charge is 2.38. The summed E-state index contributed by atoms with van der Waals surface area (Å²) in [6.07, 6.45) is 3.92. The van der Waals surface area contributed by atoms with Crippen LogP contribution in [0.15, 0.2) is 18.2 Å². The molecule has 2 aliphatic rings. The van der Waals surface area contributed by atoms with Crippen molar-refractivity contribution < 1.29 is 9.47 Å². The minimum Gasteiger partial charge on any atom is -0.382 e. The minimum atomic E-state index is -0.0233. The molecule has 0 aromatic heterocycles. The molecule has 2 saturated heterocycles. The van der Waals surface area contributed by atoms with Gasteiger partial charge in [0.2, 0.25) is 0 Å². The predicted octanol–water partition coefficient (Wildman–Crippen LogP) is 3.35. The van der Waals surface area contributed by atoms with Crippen molar-refractivity contribution in [2.24, 2.45) is 0 Å². The summed E-state index contributed by atoms with van der Waals surface area (Å²) >= 11 is 6.09. The number of rotatable bonds is 2. The number of nitrogens with zero attached hydrogens (tertiary/aromatic N) is 1. The maximum atomic E-state index is 8.91. The molecule has 3 rings (SSSR count). The Morgan fingerprint density at radius 1 is 1.29 bits per heavy atom. The van der Waals surface area contributed by atoms with Crippen LogP contribution in [0.1, 0.15) is 31.2 Å². The van der Waals surface area contributed by atoms with E-state index < -0.39 is 0 Å². The Kier molecular flexibility index (Phi) is 4.34. The second kappa shape index (κ2) is 6.23. The Morgan fingerprint density at radius 3 is 2.81 bits per heavy atom. The Balaban J connectivity index is 1.67. The first-order valence-corrected chi connectivity index (χ1v) is 7.76. The first-order chi connectivity index (χ1) is 10.2. The average molecular weight is 307 g/mol. The highest BCUT2D eigenvalue weighted by atomic mass is 35.5. The van der Waals surface area contributed by atoms with E-state index in [4.69, 9.17) is 26.3 Å². The van der Waals surface area contributed by atoms with E-state index in [1.807, 2.05) is 12.1 Å². The van der Waals surface area contributed by atoms with Crippen molar-refractivity contribution in [3.05, 3.63) is 28.8 Å². The van der Waals surface area contributed by atoms with E-state index >= 15 is 0 Å². The zero-order valence-corrected chi connectivity index (χ0v) is 12.7. The van der Waals surface area contributed by atoms with Crippen LogP contribution in [0, 0.1) is 11.3 Å². The summed E-state index contributed by atoms with van der Waals surface area (Å²) in [5, 5.41) is 12.9. The fraction of sp³-hybridized carbons (Fsp3) is 0.562. The standard InChI is InChI=1S/C16H19ClN2O2/c17-15-9-13(2-1-12(15)11-18)19-14-3-6-21-16(10-14)4-7-20-8-5-16/h1-2,9,14,19H,3-8,10H2. The topological polar surface area (TPSA) is 54.3 Å². The molecular formula is C16H19ClN2O2. The van der Waals surface area contributed by atoms with Gasteiger partial charge in [0, 0.05) is 31.5 Å². The summed E-state index contributed by atoms with van der Waals surface area (Å²) in [5.74, 6) is 0. The van der Waals surface area contributed by atoms with Crippen molar-refractivity contribution in [3.63, 3.8) is 0 Å². The molecule has 1 atom stereocenters. The lowest BCUT2D eigenvalue weighted by Gasteiger charge is -2.43. The maximum Gasteiger partial charge on any atom is 0.101 e. The lowest BCUT2D eigenvalue weighted by molar-refractivity contribution is -0.135. The van der Waals surface area contributed by atoms with Gasteiger partial charge in [-0.3, -0.25) is 0 Å². The van der Waals surface area contributed by atoms with Crippen LogP contribution in [-0.4, -0.2) is 31.5 Å². The molecule has 21 heavy (non-hydrogen) atoms. The van der Waals surface area contributed by atoms with Gasteiger partial charge in [0.05, 0.1) is 16.2 Å². The van der Waals surface area contributed by atoms with Crippen molar-refractivity contribution in [3.8, 4) is 6.07 Å². The van der Waals surface area contributed by atoms with Crippen molar-refractivity contribution in [1.82, 2.24) is 0 Å². The number of halogens is 1. The number of anilines is 1. The second-order valence-electron chi connectivity index (χ2n) is 5.78. The third-order valence-electron chi connectivity index (χ3n) is 4.36. The van der Waals surface area contributed by atoms with Crippen LogP contribution >= 0.6 is 11.6 Å². The number of benzene rings is 1. The molecule has 0 saturated carbocycles. The Morgan fingerprint density at radius 2 is 2.10 bits per heavy atom. The summed E-state index contributed by atoms with van der Waals surface area (Å²) in [7, 11) is 0. The van der Waals surface area contributed by atoms with E-state index in [1.165, 1.54) is 0 Å². The van der Waals surface area contributed by atoms with Crippen LogP contribution < -0.4 is 5.32 Å². The Hall–Kier alpha value is -1.28. The van der Waals surface area contributed by atoms with E-state index in [1.54, 1.807) is 6.07 Å². The maximum absolute atomic E-state index is 8.91. The summed E-state index contributed by atoms with van der Waals surface area (Å²) in [6.45, 7) is 2.35. The average Bonchev–Trinajstić information content (AvgIpc) is 2.48. The Bertz CT molecular complexity index is 544. The molecule has 5 heteroatoms. The fourth-order valence-electron chi connectivity index (χ4n) is 3.17. The van der Waals surface area contributed by atoms with Crippen LogP contribution in [0.4, 0.5) is 5.69 Å².